The van der Waals surface area contributed by atoms with Gasteiger partial charge in [0.15, 0.2) is 28.2 Å². The molecule has 3 atom stereocenters. The predicted molar refractivity (Wildman–Crippen MR) is 120 cm³/mol. The van der Waals surface area contributed by atoms with Crippen LogP contribution in [0.1, 0.15) is 62.3 Å². The highest BCUT2D eigenvalue weighted by Crippen LogP contribution is 2.41. The Labute approximate surface area is 175 Å². The van der Waals surface area contributed by atoms with Crippen molar-refractivity contribution in [2.45, 2.75) is 123 Å². The van der Waals surface area contributed by atoms with E-state index in [9.17, 15) is 4.79 Å². The first-order valence-corrected chi connectivity index (χ1v) is 16.2. The first kappa shape index (κ1) is 26.0. The first-order valence-electron chi connectivity index (χ1n) is 10.4. The molecule has 0 spiro atoms. The molecule has 0 saturated carbocycles. The topological polar surface area (TPSA) is 54.0 Å². The van der Waals surface area contributed by atoms with Crippen molar-refractivity contribution >= 4 is 22.4 Å². The molecule has 0 aliphatic carbocycles. The highest BCUT2D eigenvalue weighted by Gasteiger charge is 2.51. The zero-order valence-corrected chi connectivity index (χ0v) is 22.5. The quantitative estimate of drug-likeness (QED) is 0.497. The van der Waals surface area contributed by atoms with Crippen LogP contribution in [-0.4, -0.2) is 53.1 Å². The fourth-order valence-electron chi connectivity index (χ4n) is 2.63. The molecule has 0 bridgehead atoms. The number of hydrogen-bond donors (Lipinski definition) is 0. The third-order valence-corrected chi connectivity index (χ3v) is 15.6. The van der Waals surface area contributed by atoms with Crippen LogP contribution in [0.4, 0.5) is 0 Å². The molecule has 5 nitrogen and oxygen atoms in total. The minimum Gasteiger partial charge on any atom is -0.414 e. The first-order chi connectivity index (χ1) is 12.2. The zero-order chi connectivity index (χ0) is 22.3. The van der Waals surface area contributed by atoms with Crippen molar-refractivity contribution < 1.29 is 23.1 Å². The summed E-state index contributed by atoms with van der Waals surface area (Å²) in [5.74, 6) is -0.848. The van der Waals surface area contributed by atoms with Gasteiger partial charge in [-0.15, -0.1) is 0 Å². The van der Waals surface area contributed by atoms with Gasteiger partial charge in [-0.1, -0.05) is 41.5 Å². The molecule has 0 aromatic carbocycles. The molecule has 0 radical (unpaired) electrons. The van der Waals surface area contributed by atoms with E-state index >= 15 is 0 Å². The number of ether oxygens (including phenoxy) is 2. The lowest BCUT2D eigenvalue weighted by molar-refractivity contribution is -0.159. The average molecular weight is 433 g/mol. The van der Waals surface area contributed by atoms with Crippen LogP contribution in [0.25, 0.3) is 0 Å². The standard InChI is InChI=1S/C21H44O5Si2/c1-15(22)17-18(25-21(8,9)24-17)16(26-28(12,13)20(5,6)7)14-23-27(10,11)19(2,3)4/h16-18H,14H2,1-13H3/t16-,17+,18-/m1/s1. The van der Waals surface area contributed by atoms with Crippen molar-refractivity contribution in [1.82, 2.24) is 0 Å². The van der Waals surface area contributed by atoms with Crippen LogP contribution < -0.4 is 0 Å². The lowest BCUT2D eigenvalue weighted by atomic mass is 10.1. The van der Waals surface area contributed by atoms with Gasteiger partial charge in [0.2, 0.25) is 0 Å². The van der Waals surface area contributed by atoms with Crippen molar-refractivity contribution in [2.24, 2.45) is 0 Å². The molecule has 1 aliphatic rings. The Balaban J connectivity index is 3.19. The summed E-state index contributed by atoms with van der Waals surface area (Å²) in [6.45, 7) is 27.9. The van der Waals surface area contributed by atoms with E-state index in [-0.39, 0.29) is 22.0 Å². The Morgan fingerprint density at radius 2 is 1.43 bits per heavy atom. The zero-order valence-electron chi connectivity index (χ0n) is 20.5. The molecule has 0 unspecified atom stereocenters. The van der Waals surface area contributed by atoms with Crippen LogP contribution in [0.3, 0.4) is 0 Å². The summed E-state index contributed by atoms with van der Waals surface area (Å²) in [6.07, 6.45) is -1.44. The normalized spacial score (nSPS) is 25.0. The van der Waals surface area contributed by atoms with Crippen LogP contribution in [0.15, 0.2) is 0 Å². The monoisotopic (exact) mass is 432 g/mol. The summed E-state index contributed by atoms with van der Waals surface area (Å²) in [4.78, 5) is 12.3. The number of carbonyl (C=O) groups excluding carboxylic acids is 1. The number of ketones is 1. The molecule has 0 N–H and O–H groups in total. The fraction of sp³-hybridized carbons (Fsp3) is 0.952. The van der Waals surface area contributed by atoms with Gasteiger partial charge in [-0.05, 0) is 57.0 Å². The van der Waals surface area contributed by atoms with Gasteiger partial charge < -0.3 is 18.3 Å². The molecule has 7 heteroatoms. The second-order valence-electron chi connectivity index (χ2n) is 11.6. The largest absolute Gasteiger partial charge is 0.414 e. The fourth-order valence-corrected chi connectivity index (χ4v) is 4.96. The van der Waals surface area contributed by atoms with Crippen molar-refractivity contribution in [3.8, 4) is 0 Å². The molecule has 1 aliphatic heterocycles. The van der Waals surface area contributed by atoms with E-state index < -0.39 is 34.6 Å². The molecular weight excluding hydrogens is 388 g/mol. The van der Waals surface area contributed by atoms with Crippen molar-refractivity contribution in [3.05, 3.63) is 0 Å². The maximum atomic E-state index is 12.3. The van der Waals surface area contributed by atoms with Gasteiger partial charge in [-0.25, -0.2) is 0 Å². The van der Waals surface area contributed by atoms with E-state index in [0.717, 1.165) is 0 Å². The lowest BCUT2D eigenvalue weighted by Crippen LogP contribution is -2.53. The third-order valence-electron chi connectivity index (χ3n) is 6.56. The summed E-state index contributed by atoms with van der Waals surface area (Å²) in [7, 11) is -4.07. The van der Waals surface area contributed by atoms with E-state index in [1.165, 1.54) is 0 Å². The van der Waals surface area contributed by atoms with E-state index in [0.29, 0.717) is 6.61 Å². The number of hydrogen-bond acceptors (Lipinski definition) is 5. The van der Waals surface area contributed by atoms with Crippen LogP contribution in [0.5, 0.6) is 0 Å². The van der Waals surface area contributed by atoms with Gasteiger partial charge in [0, 0.05) is 0 Å². The minimum atomic E-state index is -2.10. The Morgan fingerprint density at radius 1 is 0.964 bits per heavy atom. The summed E-state index contributed by atoms with van der Waals surface area (Å²) < 4.78 is 25.4. The van der Waals surface area contributed by atoms with Gasteiger partial charge in [0.1, 0.15) is 12.2 Å². The van der Waals surface area contributed by atoms with Crippen LogP contribution >= 0.6 is 0 Å². The molecule has 28 heavy (non-hydrogen) atoms. The molecule has 1 heterocycles. The van der Waals surface area contributed by atoms with Crippen LogP contribution in [0.2, 0.25) is 36.3 Å². The van der Waals surface area contributed by atoms with Gasteiger partial charge in [-0.3, -0.25) is 4.79 Å². The second kappa shape index (κ2) is 8.23. The van der Waals surface area contributed by atoms with Gasteiger partial charge in [-0.2, -0.15) is 0 Å². The molecular formula is C21H44O5Si2. The Hall–Kier alpha value is -0.0562. The third kappa shape index (κ3) is 6.22. The summed E-state index contributed by atoms with van der Waals surface area (Å²) in [6, 6.07) is 0. The Kier molecular flexibility index (Phi) is 7.64. The van der Waals surface area contributed by atoms with Crippen LogP contribution in [-0.2, 0) is 23.1 Å². The molecule has 1 rings (SSSR count). The number of carbonyl (C=O) groups is 1. The molecule has 0 aromatic heterocycles. The summed E-state index contributed by atoms with van der Waals surface area (Å²) in [5.41, 5.74) is 0. The Morgan fingerprint density at radius 3 is 1.82 bits per heavy atom. The molecule has 166 valence electrons. The lowest BCUT2D eigenvalue weighted by Gasteiger charge is -2.43. The second-order valence-corrected chi connectivity index (χ2v) is 21.2. The number of rotatable bonds is 7. The van der Waals surface area contributed by atoms with Gasteiger partial charge in [0.05, 0.1) is 12.7 Å². The van der Waals surface area contributed by atoms with E-state index in [4.69, 9.17) is 18.3 Å². The SMILES string of the molecule is CC(=O)[C@@H]1OC(C)(C)O[C@@H]1[C@@H](CO[Si](C)(C)C(C)(C)C)O[Si](C)(C)C(C)(C)C. The summed E-state index contributed by atoms with van der Waals surface area (Å²) in [5, 5.41) is 0.143. The average Bonchev–Trinajstić information content (AvgIpc) is 2.77. The minimum absolute atomic E-state index is 0.0354. The van der Waals surface area contributed by atoms with Crippen LogP contribution in [0, 0.1) is 0 Å². The smallest absolute Gasteiger partial charge is 0.192 e. The van der Waals surface area contributed by atoms with Crippen molar-refractivity contribution in [3.63, 3.8) is 0 Å². The summed E-state index contributed by atoms with van der Waals surface area (Å²) >= 11 is 0. The van der Waals surface area contributed by atoms with E-state index in [2.05, 4.69) is 67.7 Å². The molecule has 0 amide bonds. The van der Waals surface area contributed by atoms with E-state index in [1.54, 1.807) is 6.92 Å². The highest BCUT2D eigenvalue weighted by atomic mass is 28.4. The van der Waals surface area contributed by atoms with Gasteiger partial charge >= 0.3 is 0 Å². The molecule has 0 aromatic rings. The maximum Gasteiger partial charge on any atom is 0.192 e. The van der Waals surface area contributed by atoms with Crippen molar-refractivity contribution in [1.29, 1.82) is 0 Å². The maximum absolute atomic E-state index is 12.3. The Bertz CT molecular complexity index is 558. The van der Waals surface area contributed by atoms with Gasteiger partial charge in [0.25, 0.3) is 0 Å². The number of Topliss-reactive ketones (excluding diaryl/α,β-unsaturated/α-hetero) is 1. The van der Waals surface area contributed by atoms with E-state index in [1.807, 2.05) is 13.8 Å². The highest BCUT2D eigenvalue weighted by molar-refractivity contribution is 6.74. The predicted octanol–water partition coefficient (Wildman–Crippen LogP) is 5.51. The molecule has 1 saturated heterocycles. The van der Waals surface area contributed by atoms with Crippen molar-refractivity contribution in [2.75, 3.05) is 6.61 Å². The molecule has 1 fully saturated rings.